The van der Waals surface area contributed by atoms with Gasteiger partial charge < -0.3 is 14.5 Å². The maximum Gasteiger partial charge on any atom is 0.294 e. The minimum atomic E-state index is -0.388. The third-order valence-corrected chi connectivity index (χ3v) is 6.78. The number of ether oxygens (including phenoxy) is 1. The fraction of sp³-hybridized carbons (Fsp3) is 0.500. The minimum Gasteiger partial charge on any atom is -0.378 e. The number of amides is 3. The average molecular weight is 430 g/mol. The number of benzene rings is 1. The minimum absolute atomic E-state index is 0.152. The number of imide groups is 1. The summed E-state index contributed by atoms with van der Waals surface area (Å²) < 4.78 is 5.38. The highest BCUT2D eigenvalue weighted by atomic mass is 32.2. The number of morpholine rings is 1. The van der Waals surface area contributed by atoms with Gasteiger partial charge in [0.2, 0.25) is 5.91 Å². The van der Waals surface area contributed by atoms with E-state index < -0.39 is 0 Å². The van der Waals surface area contributed by atoms with Crippen LogP contribution in [0, 0.1) is 5.92 Å². The Hall–Kier alpha value is -2.32. The summed E-state index contributed by atoms with van der Waals surface area (Å²) in [5, 5.41) is -0.380. The van der Waals surface area contributed by atoms with E-state index in [1.54, 1.807) is 11.0 Å². The smallest absolute Gasteiger partial charge is 0.294 e. The Kier molecular flexibility index (Phi) is 6.43. The number of piperidine rings is 1. The second-order valence-electron chi connectivity index (χ2n) is 8.02. The van der Waals surface area contributed by atoms with Crippen molar-refractivity contribution in [2.75, 3.05) is 50.8 Å². The highest BCUT2D eigenvalue weighted by Crippen LogP contribution is 2.32. The molecule has 0 radical (unpaired) electrons. The number of carbonyl (C=O) groups is 3. The van der Waals surface area contributed by atoms with Crippen molar-refractivity contribution in [1.29, 1.82) is 0 Å². The van der Waals surface area contributed by atoms with E-state index in [-0.39, 0.29) is 23.6 Å². The SMILES string of the molecule is CC1CCN(C(=O)CN2C(=O)S/C(=C/c3ccc(N4CCOCC4)cc3)C2=O)CC1. The molecule has 0 aliphatic carbocycles. The lowest BCUT2D eigenvalue weighted by molar-refractivity contribution is -0.136. The second kappa shape index (κ2) is 9.22. The number of anilines is 1. The van der Waals surface area contributed by atoms with Gasteiger partial charge in [-0.2, -0.15) is 0 Å². The molecule has 0 spiro atoms. The number of rotatable bonds is 4. The molecule has 160 valence electrons. The van der Waals surface area contributed by atoms with Gasteiger partial charge in [-0.25, -0.2) is 0 Å². The van der Waals surface area contributed by atoms with Crippen LogP contribution in [0.25, 0.3) is 6.08 Å². The Balaban J connectivity index is 1.39. The van der Waals surface area contributed by atoms with Crippen LogP contribution >= 0.6 is 11.8 Å². The van der Waals surface area contributed by atoms with Crippen molar-refractivity contribution in [2.24, 2.45) is 5.92 Å². The molecular formula is C22H27N3O4S. The van der Waals surface area contributed by atoms with Gasteiger partial charge >= 0.3 is 0 Å². The van der Waals surface area contributed by atoms with Crippen LogP contribution in [0.15, 0.2) is 29.2 Å². The lowest BCUT2D eigenvalue weighted by Gasteiger charge is -2.31. The lowest BCUT2D eigenvalue weighted by atomic mass is 9.99. The third kappa shape index (κ3) is 4.70. The van der Waals surface area contributed by atoms with E-state index in [1.807, 2.05) is 24.3 Å². The molecule has 30 heavy (non-hydrogen) atoms. The molecule has 1 aromatic carbocycles. The molecule has 7 nitrogen and oxygen atoms in total. The summed E-state index contributed by atoms with van der Waals surface area (Å²) in [6.45, 7) is 6.57. The zero-order valence-corrected chi connectivity index (χ0v) is 18.0. The Morgan fingerprint density at radius 1 is 1.10 bits per heavy atom. The van der Waals surface area contributed by atoms with Crippen molar-refractivity contribution in [1.82, 2.24) is 9.80 Å². The summed E-state index contributed by atoms with van der Waals surface area (Å²) in [5.74, 6) is 0.0742. The van der Waals surface area contributed by atoms with Gasteiger partial charge in [0.25, 0.3) is 11.1 Å². The van der Waals surface area contributed by atoms with Crippen molar-refractivity contribution in [2.45, 2.75) is 19.8 Å². The van der Waals surface area contributed by atoms with Crippen molar-refractivity contribution < 1.29 is 19.1 Å². The Labute approximate surface area is 181 Å². The summed E-state index contributed by atoms with van der Waals surface area (Å²) in [5.41, 5.74) is 1.97. The van der Waals surface area contributed by atoms with Gasteiger partial charge in [-0.1, -0.05) is 19.1 Å². The van der Waals surface area contributed by atoms with Gasteiger partial charge in [0.05, 0.1) is 18.1 Å². The van der Waals surface area contributed by atoms with Gasteiger partial charge in [0, 0.05) is 31.9 Å². The fourth-order valence-electron chi connectivity index (χ4n) is 3.88. The van der Waals surface area contributed by atoms with Gasteiger partial charge in [0.1, 0.15) is 6.54 Å². The molecule has 3 amide bonds. The first-order chi connectivity index (χ1) is 14.5. The normalized spacial score (nSPS) is 22.3. The van der Waals surface area contributed by atoms with E-state index in [1.165, 1.54) is 0 Å². The van der Waals surface area contributed by atoms with Crippen LogP contribution in [0.1, 0.15) is 25.3 Å². The van der Waals surface area contributed by atoms with Crippen LogP contribution in [0.2, 0.25) is 0 Å². The molecule has 0 aromatic heterocycles. The Morgan fingerprint density at radius 3 is 2.43 bits per heavy atom. The molecule has 8 heteroatoms. The molecule has 3 heterocycles. The zero-order valence-electron chi connectivity index (χ0n) is 17.2. The monoisotopic (exact) mass is 429 g/mol. The first-order valence-electron chi connectivity index (χ1n) is 10.5. The van der Waals surface area contributed by atoms with Crippen molar-refractivity contribution >= 4 is 40.6 Å². The Morgan fingerprint density at radius 2 is 1.77 bits per heavy atom. The van der Waals surface area contributed by atoms with Crippen LogP contribution in [-0.4, -0.2) is 72.8 Å². The molecule has 3 saturated heterocycles. The zero-order chi connectivity index (χ0) is 21.1. The highest BCUT2D eigenvalue weighted by Gasteiger charge is 2.37. The molecule has 0 bridgehead atoms. The first-order valence-corrected chi connectivity index (χ1v) is 11.3. The van der Waals surface area contributed by atoms with Crippen LogP contribution in [0.5, 0.6) is 0 Å². The quantitative estimate of drug-likeness (QED) is 0.686. The number of thioether (sulfide) groups is 1. The van der Waals surface area contributed by atoms with E-state index >= 15 is 0 Å². The topological polar surface area (TPSA) is 70.2 Å². The summed E-state index contributed by atoms with van der Waals surface area (Å²) in [6.07, 6.45) is 3.66. The molecule has 0 saturated carbocycles. The number of carbonyl (C=O) groups excluding carboxylic acids is 3. The maximum absolute atomic E-state index is 12.7. The molecule has 3 aliphatic heterocycles. The van der Waals surface area contributed by atoms with Crippen LogP contribution in [0.3, 0.4) is 0 Å². The van der Waals surface area contributed by atoms with Crippen LogP contribution in [-0.2, 0) is 14.3 Å². The van der Waals surface area contributed by atoms with Gasteiger partial charge in [-0.15, -0.1) is 0 Å². The van der Waals surface area contributed by atoms with Crippen molar-refractivity contribution in [3.63, 3.8) is 0 Å². The molecule has 3 aliphatic rings. The van der Waals surface area contributed by atoms with Gasteiger partial charge in [-0.05, 0) is 54.3 Å². The summed E-state index contributed by atoms with van der Waals surface area (Å²) in [4.78, 5) is 43.1. The Bertz CT molecular complexity index is 840. The summed E-state index contributed by atoms with van der Waals surface area (Å²) >= 11 is 0.899. The predicted molar refractivity (Wildman–Crippen MR) is 117 cm³/mol. The number of likely N-dealkylation sites (tertiary alicyclic amines) is 1. The summed E-state index contributed by atoms with van der Waals surface area (Å²) in [7, 11) is 0. The van der Waals surface area contributed by atoms with E-state index in [2.05, 4.69) is 11.8 Å². The number of hydrogen-bond acceptors (Lipinski definition) is 6. The lowest BCUT2D eigenvalue weighted by Crippen LogP contribution is -2.45. The molecule has 3 fully saturated rings. The predicted octanol–water partition coefficient (Wildman–Crippen LogP) is 2.82. The van der Waals surface area contributed by atoms with E-state index in [0.29, 0.717) is 23.9 Å². The first kappa shape index (κ1) is 20.9. The van der Waals surface area contributed by atoms with Crippen molar-refractivity contribution in [3.8, 4) is 0 Å². The summed E-state index contributed by atoms with van der Waals surface area (Å²) in [6, 6.07) is 7.92. The molecule has 0 unspecified atom stereocenters. The molecule has 0 atom stereocenters. The number of hydrogen-bond donors (Lipinski definition) is 0. The fourth-order valence-corrected chi connectivity index (χ4v) is 4.72. The molecule has 1 aromatic rings. The molecular weight excluding hydrogens is 402 g/mol. The largest absolute Gasteiger partial charge is 0.378 e. The van der Waals surface area contributed by atoms with Gasteiger partial charge in [-0.3, -0.25) is 19.3 Å². The van der Waals surface area contributed by atoms with E-state index in [0.717, 1.165) is 67.1 Å². The van der Waals surface area contributed by atoms with Gasteiger partial charge in [0.15, 0.2) is 0 Å². The molecule has 0 N–H and O–H groups in total. The highest BCUT2D eigenvalue weighted by molar-refractivity contribution is 8.18. The van der Waals surface area contributed by atoms with Crippen LogP contribution in [0.4, 0.5) is 10.5 Å². The van der Waals surface area contributed by atoms with Crippen molar-refractivity contribution in [3.05, 3.63) is 34.7 Å². The van der Waals surface area contributed by atoms with Crippen LogP contribution < -0.4 is 4.90 Å². The van der Waals surface area contributed by atoms with E-state index in [4.69, 9.17) is 4.74 Å². The van der Waals surface area contributed by atoms with E-state index in [9.17, 15) is 14.4 Å². The molecule has 4 rings (SSSR count). The number of nitrogens with zero attached hydrogens (tertiary/aromatic N) is 3. The average Bonchev–Trinajstić information content (AvgIpc) is 3.02. The second-order valence-corrected chi connectivity index (χ2v) is 9.02. The third-order valence-electron chi connectivity index (χ3n) is 5.87. The maximum atomic E-state index is 12.7. The standard InChI is InChI=1S/C22H27N3O4S/c1-16-6-8-24(9-7-16)20(26)15-25-21(27)19(30-22(25)28)14-17-2-4-18(5-3-17)23-10-12-29-13-11-23/h2-5,14,16H,6-13,15H2,1H3/b19-14+.